The van der Waals surface area contributed by atoms with Crippen LogP contribution < -0.4 is 0 Å². The van der Waals surface area contributed by atoms with Crippen LogP contribution in [-0.4, -0.2) is 15.8 Å². The summed E-state index contributed by atoms with van der Waals surface area (Å²) in [4.78, 5) is 18.8. The first-order chi connectivity index (χ1) is 7.77. The van der Waals surface area contributed by atoms with Gasteiger partial charge in [0.25, 0.3) is 0 Å². The van der Waals surface area contributed by atoms with Crippen molar-refractivity contribution in [2.45, 2.75) is 6.92 Å². The van der Waals surface area contributed by atoms with Gasteiger partial charge in [0.15, 0.2) is 5.78 Å². The molecule has 0 aliphatic rings. The Labute approximate surface area is 93.8 Å². The molecular formula is C13H12N2O. The Kier molecular flexibility index (Phi) is 2.96. The van der Waals surface area contributed by atoms with Crippen LogP contribution in [0.25, 0.3) is 6.08 Å². The molecule has 0 radical (unpaired) electrons. The van der Waals surface area contributed by atoms with Crippen molar-refractivity contribution in [1.29, 1.82) is 0 Å². The highest BCUT2D eigenvalue weighted by Gasteiger charge is 2.01. The molecule has 0 amide bonds. The molecular weight excluding hydrogens is 200 g/mol. The molecule has 3 heteroatoms. The van der Waals surface area contributed by atoms with E-state index in [9.17, 15) is 4.79 Å². The van der Waals surface area contributed by atoms with Crippen LogP contribution in [0.4, 0.5) is 0 Å². The predicted molar refractivity (Wildman–Crippen MR) is 63.1 cm³/mol. The fraction of sp³-hybridized carbons (Fsp3) is 0.0769. The summed E-state index contributed by atoms with van der Waals surface area (Å²) in [6.45, 7) is 1.92. The number of ketones is 1. The van der Waals surface area contributed by atoms with Crippen LogP contribution in [0.15, 0.2) is 42.7 Å². The number of allylic oxidation sites excluding steroid dienone is 1. The maximum Gasteiger partial charge on any atom is 0.185 e. The van der Waals surface area contributed by atoms with Crippen molar-refractivity contribution >= 4 is 11.9 Å². The largest absolute Gasteiger partial charge is 0.348 e. The minimum atomic E-state index is -0.0111. The van der Waals surface area contributed by atoms with E-state index >= 15 is 0 Å². The summed E-state index contributed by atoms with van der Waals surface area (Å²) in [5, 5.41) is 0. The molecule has 0 spiro atoms. The molecule has 1 aromatic heterocycles. The lowest BCUT2D eigenvalue weighted by Crippen LogP contribution is -1.92. The third-order valence-electron chi connectivity index (χ3n) is 2.32. The van der Waals surface area contributed by atoms with Crippen molar-refractivity contribution in [3.8, 4) is 0 Å². The fourth-order valence-electron chi connectivity index (χ4n) is 1.39. The average molecular weight is 212 g/mol. The Morgan fingerprint density at radius 3 is 2.69 bits per heavy atom. The van der Waals surface area contributed by atoms with Crippen molar-refractivity contribution in [1.82, 2.24) is 9.97 Å². The minimum Gasteiger partial charge on any atom is -0.348 e. The van der Waals surface area contributed by atoms with Crippen LogP contribution in [-0.2, 0) is 0 Å². The van der Waals surface area contributed by atoms with Crippen LogP contribution in [0.2, 0.25) is 0 Å². The Balaban J connectivity index is 2.15. The molecule has 0 saturated carbocycles. The van der Waals surface area contributed by atoms with Gasteiger partial charge in [0.05, 0.1) is 12.0 Å². The minimum absolute atomic E-state index is 0.0111. The molecule has 80 valence electrons. The van der Waals surface area contributed by atoms with Crippen LogP contribution >= 0.6 is 0 Å². The number of imidazole rings is 1. The van der Waals surface area contributed by atoms with Crippen molar-refractivity contribution in [2.24, 2.45) is 0 Å². The van der Waals surface area contributed by atoms with E-state index in [1.165, 1.54) is 0 Å². The van der Waals surface area contributed by atoms with Gasteiger partial charge in [-0.1, -0.05) is 30.3 Å². The summed E-state index contributed by atoms with van der Waals surface area (Å²) in [5.41, 5.74) is 2.44. The van der Waals surface area contributed by atoms with Crippen LogP contribution in [0.5, 0.6) is 0 Å². The maximum atomic E-state index is 11.7. The van der Waals surface area contributed by atoms with E-state index in [1.54, 1.807) is 30.6 Å². The van der Waals surface area contributed by atoms with Gasteiger partial charge in [-0.25, -0.2) is 4.98 Å². The third kappa shape index (κ3) is 2.25. The number of benzene rings is 1. The zero-order valence-electron chi connectivity index (χ0n) is 8.97. The Bertz CT molecular complexity index is 512. The quantitative estimate of drug-likeness (QED) is 0.628. The van der Waals surface area contributed by atoms with Crippen LogP contribution in [0.3, 0.4) is 0 Å². The normalized spacial score (nSPS) is 10.8. The molecule has 1 aromatic carbocycles. The Morgan fingerprint density at radius 2 is 2.06 bits per heavy atom. The van der Waals surface area contributed by atoms with E-state index in [-0.39, 0.29) is 5.78 Å². The second kappa shape index (κ2) is 4.57. The molecule has 0 aliphatic heterocycles. The van der Waals surface area contributed by atoms with E-state index in [2.05, 4.69) is 9.97 Å². The highest BCUT2D eigenvalue weighted by atomic mass is 16.1. The average Bonchev–Trinajstić information content (AvgIpc) is 2.73. The van der Waals surface area contributed by atoms with Crippen molar-refractivity contribution in [3.63, 3.8) is 0 Å². The number of aromatic amines is 1. The highest BCUT2D eigenvalue weighted by molar-refractivity contribution is 6.06. The molecule has 0 bridgehead atoms. The number of H-pyrrole nitrogens is 1. The lowest BCUT2D eigenvalue weighted by Gasteiger charge is -1.93. The number of hydrogen-bond donors (Lipinski definition) is 1. The second-order valence-corrected chi connectivity index (χ2v) is 3.48. The summed E-state index contributed by atoms with van der Waals surface area (Å²) in [6, 6.07) is 9.17. The second-order valence-electron chi connectivity index (χ2n) is 3.48. The summed E-state index contributed by atoms with van der Waals surface area (Å²) >= 11 is 0. The third-order valence-corrected chi connectivity index (χ3v) is 2.32. The molecule has 2 rings (SSSR count). The zero-order chi connectivity index (χ0) is 11.4. The van der Waals surface area contributed by atoms with Crippen molar-refractivity contribution in [2.75, 3.05) is 0 Å². The maximum absolute atomic E-state index is 11.7. The molecule has 2 aromatic rings. The van der Waals surface area contributed by atoms with Crippen molar-refractivity contribution in [3.05, 3.63) is 59.7 Å². The SMILES string of the molecule is Cc1[nH]cnc1C=CC(=O)c1ccccc1. The zero-order valence-corrected chi connectivity index (χ0v) is 8.97. The van der Waals surface area contributed by atoms with Gasteiger partial charge in [-0.15, -0.1) is 0 Å². The standard InChI is InChI=1S/C13H12N2O/c1-10-12(15-9-14-10)7-8-13(16)11-5-3-2-4-6-11/h2-9H,1H3,(H,14,15). The number of carbonyl (C=O) groups excluding carboxylic acids is 1. The molecule has 0 fully saturated rings. The smallest absolute Gasteiger partial charge is 0.185 e. The predicted octanol–water partition coefficient (Wildman–Crippen LogP) is 2.61. The van der Waals surface area contributed by atoms with Gasteiger partial charge in [0.2, 0.25) is 0 Å². The summed E-state index contributed by atoms with van der Waals surface area (Å²) in [5.74, 6) is -0.0111. The lowest BCUT2D eigenvalue weighted by molar-refractivity contribution is 0.104. The van der Waals surface area contributed by atoms with E-state index in [0.29, 0.717) is 5.56 Å². The number of nitrogens with one attached hydrogen (secondary N) is 1. The Hall–Kier alpha value is -2.16. The first-order valence-electron chi connectivity index (χ1n) is 5.05. The van der Waals surface area contributed by atoms with Gasteiger partial charge in [-0.2, -0.15) is 0 Å². The van der Waals surface area contributed by atoms with E-state index in [0.717, 1.165) is 11.4 Å². The lowest BCUT2D eigenvalue weighted by atomic mass is 10.1. The van der Waals surface area contributed by atoms with Crippen LogP contribution in [0, 0.1) is 6.92 Å². The molecule has 1 heterocycles. The summed E-state index contributed by atoms with van der Waals surface area (Å²) < 4.78 is 0. The molecule has 0 unspecified atom stereocenters. The summed E-state index contributed by atoms with van der Waals surface area (Å²) in [6.07, 6.45) is 4.88. The van der Waals surface area contributed by atoms with E-state index in [1.807, 2.05) is 25.1 Å². The first-order valence-corrected chi connectivity index (χ1v) is 5.05. The molecule has 1 N–H and O–H groups in total. The number of carbonyl (C=O) groups is 1. The van der Waals surface area contributed by atoms with E-state index < -0.39 is 0 Å². The highest BCUT2D eigenvalue weighted by Crippen LogP contribution is 2.06. The fourth-order valence-corrected chi connectivity index (χ4v) is 1.39. The van der Waals surface area contributed by atoms with Gasteiger partial charge >= 0.3 is 0 Å². The number of rotatable bonds is 3. The number of hydrogen-bond acceptors (Lipinski definition) is 2. The molecule has 0 saturated heterocycles. The van der Waals surface area contributed by atoms with Crippen molar-refractivity contribution < 1.29 is 4.79 Å². The number of aryl methyl sites for hydroxylation is 1. The van der Waals surface area contributed by atoms with Crippen LogP contribution in [0.1, 0.15) is 21.7 Å². The van der Waals surface area contributed by atoms with Gasteiger partial charge in [-0.3, -0.25) is 4.79 Å². The monoisotopic (exact) mass is 212 g/mol. The number of nitrogens with zero attached hydrogens (tertiary/aromatic N) is 1. The van der Waals surface area contributed by atoms with Gasteiger partial charge < -0.3 is 4.98 Å². The van der Waals surface area contributed by atoms with Gasteiger partial charge in [0, 0.05) is 11.3 Å². The molecule has 0 atom stereocenters. The molecule has 16 heavy (non-hydrogen) atoms. The van der Waals surface area contributed by atoms with Gasteiger partial charge in [-0.05, 0) is 19.1 Å². The Morgan fingerprint density at radius 1 is 1.31 bits per heavy atom. The number of aromatic nitrogens is 2. The topological polar surface area (TPSA) is 45.8 Å². The molecule has 3 nitrogen and oxygen atoms in total. The first kappa shape index (κ1) is 10.4. The van der Waals surface area contributed by atoms with E-state index in [4.69, 9.17) is 0 Å². The summed E-state index contributed by atoms with van der Waals surface area (Å²) in [7, 11) is 0. The molecule has 0 aliphatic carbocycles. The van der Waals surface area contributed by atoms with Gasteiger partial charge in [0.1, 0.15) is 0 Å².